The van der Waals surface area contributed by atoms with Gasteiger partial charge in [-0.05, 0) is 45.0 Å². The molecular formula is C25H35N5O8S. The van der Waals surface area contributed by atoms with Crippen molar-refractivity contribution in [3.05, 3.63) is 40.4 Å². The third kappa shape index (κ3) is 12.8. The van der Waals surface area contributed by atoms with Crippen LogP contribution in [0.2, 0.25) is 0 Å². The van der Waals surface area contributed by atoms with E-state index in [4.69, 9.17) is 18.9 Å². The fourth-order valence-electron chi connectivity index (χ4n) is 2.94. The van der Waals surface area contributed by atoms with E-state index in [1.807, 2.05) is 0 Å². The number of benzene rings is 1. The second kappa shape index (κ2) is 16.5. The first-order chi connectivity index (χ1) is 18.6. The summed E-state index contributed by atoms with van der Waals surface area (Å²) in [6.45, 7) is 9.21. The number of anilines is 2. The van der Waals surface area contributed by atoms with Gasteiger partial charge in [-0.1, -0.05) is 23.5 Å². The highest BCUT2D eigenvalue weighted by molar-refractivity contribution is 7.19. The molecule has 39 heavy (non-hydrogen) atoms. The Balaban J connectivity index is 1.56. The minimum atomic E-state index is -0.543. The zero-order valence-electron chi connectivity index (χ0n) is 22.5. The SMILES string of the molecule is Cc1nc(NC(=O)c2ccccc2NC(=O)CCOCCOCCOCCNC(=O)OC(C)(C)C)sc1N=O. The zero-order valence-corrected chi connectivity index (χ0v) is 23.4. The molecular weight excluding hydrogens is 530 g/mol. The molecule has 0 aliphatic carbocycles. The van der Waals surface area contributed by atoms with Crippen molar-refractivity contribution < 1.29 is 33.3 Å². The molecule has 0 aliphatic heterocycles. The van der Waals surface area contributed by atoms with Crippen LogP contribution in [0.1, 0.15) is 43.2 Å². The molecule has 2 aromatic rings. The smallest absolute Gasteiger partial charge is 0.407 e. The quantitative estimate of drug-likeness (QED) is 0.201. The number of thiazole rings is 1. The van der Waals surface area contributed by atoms with Crippen molar-refractivity contribution in [3.8, 4) is 0 Å². The third-order valence-corrected chi connectivity index (χ3v) is 5.60. The van der Waals surface area contributed by atoms with Gasteiger partial charge in [-0.2, -0.15) is 0 Å². The van der Waals surface area contributed by atoms with Crippen LogP contribution in [0.3, 0.4) is 0 Å². The van der Waals surface area contributed by atoms with Crippen LogP contribution >= 0.6 is 11.3 Å². The number of aryl methyl sites for hydroxylation is 1. The van der Waals surface area contributed by atoms with Gasteiger partial charge >= 0.3 is 6.09 Å². The van der Waals surface area contributed by atoms with Crippen LogP contribution in [-0.2, 0) is 23.7 Å². The minimum Gasteiger partial charge on any atom is -0.444 e. The molecule has 0 aliphatic rings. The Bertz CT molecular complexity index is 1100. The number of nitroso groups, excluding NO2 is 1. The van der Waals surface area contributed by atoms with Gasteiger partial charge in [-0.25, -0.2) is 9.78 Å². The molecule has 2 rings (SSSR count). The Morgan fingerprint density at radius 1 is 0.949 bits per heavy atom. The maximum atomic E-state index is 12.7. The average molecular weight is 566 g/mol. The first-order valence-corrected chi connectivity index (χ1v) is 13.1. The largest absolute Gasteiger partial charge is 0.444 e. The van der Waals surface area contributed by atoms with E-state index in [1.165, 1.54) is 0 Å². The van der Waals surface area contributed by atoms with Crippen molar-refractivity contribution >= 4 is 45.1 Å². The number of aromatic nitrogens is 1. The minimum absolute atomic E-state index is 0.0871. The van der Waals surface area contributed by atoms with Gasteiger partial charge in [0.2, 0.25) is 5.91 Å². The lowest BCUT2D eigenvalue weighted by atomic mass is 10.1. The second-order valence-corrected chi connectivity index (χ2v) is 10.0. The first kappa shape index (κ1) is 31.8. The molecule has 14 heteroatoms. The molecule has 0 fully saturated rings. The van der Waals surface area contributed by atoms with Gasteiger partial charge in [-0.15, -0.1) is 4.91 Å². The summed E-state index contributed by atoms with van der Waals surface area (Å²) >= 11 is 0.968. The molecule has 0 unspecified atom stereocenters. The van der Waals surface area contributed by atoms with Gasteiger partial charge in [-0.3, -0.25) is 14.9 Å². The highest BCUT2D eigenvalue weighted by Gasteiger charge is 2.17. The molecule has 1 aromatic heterocycles. The highest BCUT2D eigenvalue weighted by Crippen LogP contribution is 2.30. The third-order valence-electron chi connectivity index (χ3n) is 4.65. The van der Waals surface area contributed by atoms with E-state index in [1.54, 1.807) is 52.0 Å². The highest BCUT2D eigenvalue weighted by atomic mass is 32.1. The average Bonchev–Trinajstić information content (AvgIpc) is 3.22. The number of para-hydroxylation sites is 1. The first-order valence-electron chi connectivity index (χ1n) is 12.3. The molecule has 3 amide bonds. The van der Waals surface area contributed by atoms with Gasteiger partial charge in [0.15, 0.2) is 10.1 Å². The van der Waals surface area contributed by atoms with Gasteiger partial charge in [0.05, 0.1) is 63.0 Å². The van der Waals surface area contributed by atoms with Crippen LogP contribution in [0.5, 0.6) is 0 Å². The number of carbonyl (C=O) groups is 3. The van der Waals surface area contributed by atoms with Crippen molar-refractivity contribution in [2.75, 3.05) is 56.8 Å². The fraction of sp³-hybridized carbons (Fsp3) is 0.520. The van der Waals surface area contributed by atoms with Crippen molar-refractivity contribution in [2.45, 2.75) is 39.7 Å². The van der Waals surface area contributed by atoms with Gasteiger partial charge < -0.3 is 29.6 Å². The van der Waals surface area contributed by atoms with E-state index in [2.05, 4.69) is 26.1 Å². The number of hydrogen-bond donors (Lipinski definition) is 3. The van der Waals surface area contributed by atoms with Crippen molar-refractivity contribution in [1.82, 2.24) is 10.3 Å². The van der Waals surface area contributed by atoms with Crippen molar-refractivity contribution in [1.29, 1.82) is 0 Å². The van der Waals surface area contributed by atoms with Gasteiger partial charge in [0, 0.05) is 6.54 Å². The Labute approximate surface area is 230 Å². The van der Waals surface area contributed by atoms with Crippen molar-refractivity contribution in [2.24, 2.45) is 5.18 Å². The number of nitrogens with zero attached hydrogens (tertiary/aromatic N) is 2. The lowest BCUT2D eigenvalue weighted by molar-refractivity contribution is -0.117. The molecule has 3 N–H and O–H groups in total. The Morgan fingerprint density at radius 2 is 1.59 bits per heavy atom. The van der Waals surface area contributed by atoms with E-state index < -0.39 is 17.6 Å². The molecule has 13 nitrogen and oxygen atoms in total. The van der Waals surface area contributed by atoms with Crippen LogP contribution in [0, 0.1) is 11.8 Å². The maximum absolute atomic E-state index is 12.7. The summed E-state index contributed by atoms with van der Waals surface area (Å²) in [4.78, 5) is 51.4. The maximum Gasteiger partial charge on any atom is 0.407 e. The van der Waals surface area contributed by atoms with Gasteiger partial charge in [0.25, 0.3) is 5.91 Å². The summed E-state index contributed by atoms with van der Waals surface area (Å²) < 4.78 is 21.3. The molecule has 0 atom stereocenters. The number of ether oxygens (including phenoxy) is 4. The van der Waals surface area contributed by atoms with Crippen molar-refractivity contribution in [3.63, 3.8) is 0 Å². The molecule has 1 aromatic carbocycles. The van der Waals surface area contributed by atoms with E-state index in [-0.39, 0.29) is 34.6 Å². The fourth-order valence-corrected chi connectivity index (χ4v) is 3.68. The summed E-state index contributed by atoms with van der Waals surface area (Å²) in [5, 5.41) is 11.2. The summed E-state index contributed by atoms with van der Waals surface area (Å²) in [6.07, 6.45) is -0.401. The molecule has 0 saturated heterocycles. The molecule has 0 radical (unpaired) electrons. The molecule has 0 spiro atoms. The number of hydrogen-bond acceptors (Lipinski definition) is 11. The topological polar surface area (TPSA) is 167 Å². The van der Waals surface area contributed by atoms with Gasteiger partial charge in [0.1, 0.15) is 5.60 Å². The summed E-state index contributed by atoms with van der Waals surface area (Å²) in [5.41, 5.74) is 0.470. The van der Waals surface area contributed by atoms with Crippen LogP contribution in [0.15, 0.2) is 29.4 Å². The summed E-state index contributed by atoms with van der Waals surface area (Å²) in [6, 6.07) is 6.55. The number of rotatable bonds is 16. The number of carbonyl (C=O) groups excluding carboxylic acids is 3. The Kier molecular flexibility index (Phi) is 13.4. The number of nitrogens with one attached hydrogen (secondary N) is 3. The monoisotopic (exact) mass is 565 g/mol. The normalized spacial score (nSPS) is 11.1. The predicted octanol–water partition coefficient (Wildman–Crippen LogP) is 4.00. The zero-order chi connectivity index (χ0) is 28.7. The molecule has 0 bridgehead atoms. The van der Waals surface area contributed by atoms with Crippen LogP contribution < -0.4 is 16.0 Å². The summed E-state index contributed by atoms with van der Waals surface area (Å²) in [5.74, 6) is -0.795. The second-order valence-electron chi connectivity index (χ2n) is 9.06. The van der Waals surface area contributed by atoms with Crippen LogP contribution in [-0.4, -0.2) is 74.7 Å². The molecule has 214 valence electrons. The Hall–Kier alpha value is -3.46. The van der Waals surface area contributed by atoms with Crippen LogP contribution in [0.4, 0.5) is 20.6 Å². The predicted molar refractivity (Wildman–Crippen MR) is 147 cm³/mol. The van der Waals surface area contributed by atoms with E-state index in [9.17, 15) is 19.3 Å². The van der Waals surface area contributed by atoms with E-state index >= 15 is 0 Å². The number of amides is 3. The standard InChI is InChI=1S/C25H35N5O8S/c1-17-22(30-34)39-23(27-17)29-21(32)18-7-5-6-8-19(18)28-20(31)9-11-35-13-15-37-16-14-36-12-10-26-24(33)38-25(2,3)4/h5-8H,9-16H2,1-4H3,(H,26,33)(H,28,31)(H,27,29,32). The van der Waals surface area contributed by atoms with E-state index in [0.29, 0.717) is 51.0 Å². The molecule has 0 saturated carbocycles. The van der Waals surface area contributed by atoms with E-state index in [0.717, 1.165) is 11.3 Å². The molecule has 1 heterocycles. The lowest BCUT2D eigenvalue weighted by Gasteiger charge is -2.19. The lowest BCUT2D eigenvalue weighted by Crippen LogP contribution is -2.34. The number of alkyl carbamates (subject to hydrolysis) is 1. The summed E-state index contributed by atoms with van der Waals surface area (Å²) in [7, 11) is 0. The Morgan fingerprint density at radius 3 is 2.23 bits per heavy atom. The van der Waals surface area contributed by atoms with Crippen LogP contribution in [0.25, 0.3) is 0 Å².